The van der Waals surface area contributed by atoms with Gasteiger partial charge < -0.3 is 23.8 Å². The molecule has 0 spiro atoms. The fourth-order valence-corrected chi connectivity index (χ4v) is 8.60. The number of esters is 1. The molecule has 0 amide bonds. The number of sulfone groups is 1. The number of benzene rings is 3. The summed E-state index contributed by atoms with van der Waals surface area (Å²) in [5.74, 6) is 1.11. The molecule has 3 aromatic carbocycles. The standard InChI is InChI=1S/C43H44Cl2N6O7S2/c1-5-55-43(52)35(22-29-9-6-7-12-33(29)57-26-28-23-47-41(48-24-28)30-10-8-11-31(21-30)60(4,53)54)58-42-38-36(59-49-42)25-46-40(45)37(38)32-13-14-34(39(44)27(32)2)56-20-19-51-17-15-50(3)16-18-51/h6-14,21,23-25,35H,5,15-20,22,26H2,1-4H3/t35-/m1/s1. The van der Waals surface area contributed by atoms with Crippen molar-refractivity contribution in [3.05, 3.63) is 106 Å². The van der Waals surface area contributed by atoms with E-state index in [1.165, 1.54) is 17.6 Å². The molecular weight excluding hydrogens is 848 g/mol. The molecule has 13 nitrogen and oxygen atoms in total. The number of pyridine rings is 1. The molecule has 314 valence electrons. The molecule has 0 N–H and O–H groups in total. The van der Waals surface area contributed by atoms with Gasteiger partial charge in [-0.15, -0.1) is 0 Å². The molecule has 1 aliphatic rings. The van der Waals surface area contributed by atoms with Gasteiger partial charge in [-0.05, 0) is 73.4 Å². The van der Waals surface area contributed by atoms with Crippen molar-refractivity contribution < 1.29 is 32.2 Å². The fraction of sp³-hybridized carbons (Fsp3) is 0.326. The van der Waals surface area contributed by atoms with Crippen LogP contribution in [0.25, 0.3) is 32.6 Å². The second kappa shape index (κ2) is 19.2. The van der Waals surface area contributed by atoms with Crippen LogP contribution in [-0.4, -0.2) is 109 Å². The highest BCUT2D eigenvalue weighted by atomic mass is 35.5. The largest absolute Gasteiger partial charge is 0.491 e. The highest BCUT2D eigenvalue weighted by Gasteiger charge is 2.29. The molecule has 6 aromatic rings. The first-order chi connectivity index (χ1) is 28.9. The van der Waals surface area contributed by atoms with Gasteiger partial charge in [0.1, 0.15) is 29.9 Å². The molecule has 0 bridgehead atoms. The Morgan fingerprint density at radius 1 is 0.933 bits per heavy atom. The van der Waals surface area contributed by atoms with Gasteiger partial charge >= 0.3 is 5.97 Å². The van der Waals surface area contributed by atoms with Gasteiger partial charge in [0.05, 0.1) is 26.6 Å². The number of hydrogen-bond acceptors (Lipinski definition) is 14. The van der Waals surface area contributed by atoms with Crippen LogP contribution in [0.5, 0.6) is 17.4 Å². The van der Waals surface area contributed by atoms with Crippen LogP contribution in [-0.2, 0) is 32.4 Å². The molecule has 1 aliphatic heterocycles. The maximum atomic E-state index is 13.5. The minimum absolute atomic E-state index is 0.0965. The molecule has 0 radical (unpaired) electrons. The zero-order chi connectivity index (χ0) is 42.4. The number of para-hydroxylation sites is 1. The third-order valence-electron chi connectivity index (χ3n) is 10.1. The summed E-state index contributed by atoms with van der Waals surface area (Å²) in [6.45, 7) is 9.27. The van der Waals surface area contributed by atoms with E-state index in [4.69, 9.17) is 42.1 Å². The number of piperazine rings is 1. The lowest BCUT2D eigenvalue weighted by Crippen LogP contribution is -2.45. The minimum Gasteiger partial charge on any atom is -0.491 e. The third-order valence-corrected chi connectivity index (χ3v) is 12.8. The van der Waals surface area contributed by atoms with Gasteiger partial charge in [0.25, 0.3) is 0 Å². The third kappa shape index (κ3) is 10.2. The van der Waals surface area contributed by atoms with Crippen LogP contribution >= 0.6 is 34.7 Å². The van der Waals surface area contributed by atoms with Crippen molar-refractivity contribution in [2.24, 2.45) is 0 Å². The van der Waals surface area contributed by atoms with Gasteiger partial charge in [0.2, 0.25) is 12.0 Å². The summed E-state index contributed by atoms with van der Waals surface area (Å²) in [4.78, 5) is 31.8. The first kappa shape index (κ1) is 43.2. The molecule has 1 atom stereocenters. The Morgan fingerprint density at radius 3 is 2.45 bits per heavy atom. The van der Waals surface area contributed by atoms with Crippen molar-refractivity contribution in [3.63, 3.8) is 0 Å². The molecule has 1 fully saturated rings. The quantitative estimate of drug-likeness (QED) is 0.0696. The van der Waals surface area contributed by atoms with Crippen molar-refractivity contribution in [2.75, 3.05) is 59.2 Å². The Morgan fingerprint density at radius 2 is 1.70 bits per heavy atom. The normalized spacial score (nSPS) is 14.2. The highest BCUT2D eigenvalue weighted by Crippen LogP contribution is 2.45. The summed E-state index contributed by atoms with van der Waals surface area (Å²) >= 11 is 15.0. The van der Waals surface area contributed by atoms with Gasteiger partial charge in [-0.2, -0.15) is 4.37 Å². The summed E-state index contributed by atoms with van der Waals surface area (Å²) in [5, 5.41) is 1.28. The van der Waals surface area contributed by atoms with Gasteiger partial charge in [0.15, 0.2) is 15.7 Å². The predicted octanol–water partition coefficient (Wildman–Crippen LogP) is 7.59. The van der Waals surface area contributed by atoms with Crippen LogP contribution in [0.3, 0.4) is 0 Å². The van der Waals surface area contributed by atoms with E-state index in [-0.39, 0.29) is 35.6 Å². The lowest BCUT2D eigenvalue weighted by atomic mass is 9.99. The lowest BCUT2D eigenvalue weighted by Gasteiger charge is -2.32. The lowest BCUT2D eigenvalue weighted by molar-refractivity contribution is -0.151. The van der Waals surface area contributed by atoms with E-state index in [0.29, 0.717) is 61.3 Å². The number of ether oxygens (including phenoxy) is 4. The Balaban J connectivity index is 1.09. The van der Waals surface area contributed by atoms with Crippen molar-refractivity contribution in [1.82, 2.24) is 29.1 Å². The maximum Gasteiger partial charge on any atom is 0.347 e. The minimum atomic E-state index is -3.39. The fourth-order valence-electron chi connectivity index (χ4n) is 6.77. The monoisotopic (exact) mass is 890 g/mol. The maximum absolute atomic E-state index is 13.5. The Kier molecular flexibility index (Phi) is 13.8. The van der Waals surface area contributed by atoms with Crippen LogP contribution < -0.4 is 14.2 Å². The predicted molar refractivity (Wildman–Crippen MR) is 233 cm³/mol. The van der Waals surface area contributed by atoms with Gasteiger partial charge in [-0.3, -0.25) is 4.90 Å². The second-order valence-corrected chi connectivity index (χ2v) is 17.9. The number of aromatic nitrogens is 4. The van der Waals surface area contributed by atoms with E-state index in [0.717, 1.165) is 50.1 Å². The van der Waals surface area contributed by atoms with E-state index in [9.17, 15) is 13.2 Å². The SMILES string of the molecule is CCOC(=O)[C@@H](Cc1ccccc1OCc1cnc(-c2cccc(S(C)(=O)=O)c2)nc1)Oc1nsc2cnc(Cl)c(-c3ccc(OCCN4CCN(C)CC4)c(Cl)c3C)c12. The number of carbonyl (C=O) groups is 1. The van der Waals surface area contributed by atoms with Crippen molar-refractivity contribution in [3.8, 4) is 39.9 Å². The van der Waals surface area contributed by atoms with E-state index >= 15 is 0 Å². The Hall–Kier alpha value is -4.90. The summed E-state index contributed by atoms with van der Waals surface area (Å²) in [7, 11) is -1.26. The molecule has 3 aromatic heterocycles. The summed E-state index contributed by atoms with van der Waals surface area (Å²) in [6.07, 6.45) is 5.02. The molecule has 60 heavy (non-hydrogen) atoms. The van der Waals surface area contributed by atoms with Gasteiger partial charge in [-0.25, -0.2) is 28.2 Å². The Bertz CT molecular complexity index is 2590. The zero-order valence-electron chi connectivity index (χ0n) is 33.6. The van der Waals surface area contributed by atoms with Gasteiger partial charge in [-0.1, -0.05) is 59.6 Å². The van der Waals surface area contributed by atoms with Gasteiger partial charge in [0, 0.05) is 80.7 Å². The highest BCUT2D eigenvalue weighted by molar-refractivity contribution is 7.90. The molecule has 1 saturated heterocycles. The topological polar surface area (TPSA) is 146 Å². The summed E-state index contributed by atoms with van der Waals surface area (Å²) in [5.41, 5.74) is 3.99. The average molecular weight is 892 g/mol. The number of hydrogen-bond donors (Lipinski definition) is 0. The van der Waals surface area contributed by atoms with E-state index in [2.05, 4.69) is 36.2 Å². The van der Waals surface area contributed by atoms with Crippen LogP contribution in [0.4, 0.5) is 0 Å². The molecule has 17 heteroatoms. The number of likely N-dealkylation sites (N-methyl/N-ethyl adjacent to an activating group) is 1. The Labute approximate surface area is 363 Å². The van der Waals surface area contributed by atoms with E-state index in [1.54, 1.807) is 49.8 Å². The summed E-state index contributed by atoms with van der Waals surface area (Å²) < 4.78 is 53.8. The van der Waals surface area contributed by atoms with Crippen molar-refractivity contribution >= 4 is 60.6 Å². The average Bonchev–Trinajstić information content (AvgIpc) is 3.65. The molecule has 0 aliphatic carbocycles. The van der Waals surface area contributed by atoms with E-state index in [1.807, 2.05) is 37.3 Å². The number of nitrogens with zero attached hydrogens (tertiary/aromatic N) is 6. The van der Waals surface area contributed by atoms with E-state index < -0.39 is 21.9 Å². The van der Waals surface area contributed by atoms with Crippen LogP contribution in [0.15, 0.2) is 84.1 Å². The number of halogens is 2. The molecule has 7 rings (SSSR count). The molecule has 0 unspecified atom stereocenters. The smallest absolute Gasteiger partial charge is 0.347 e. The zero-order valence-corrected chi connectivity index (χ0v) is 36.7. The van der Waals surface area contributed by atoms with Crippen LogP contribution in [0.1, 0.15) is 23.6 Å². The second-order valence-electron chi connectivity index (χ2n) is 14.4. The first-order valence-electron chi connectivity index (χ1n) is 19.3. The van der Waals surface area contributed by atoms with Crippen LogP contribution in [0.2, 0.25) is 10.2 Å². The number of rotatable bonds is 16. The number of carbonyl (C=O) groups excluding carboxylic acids is 1. The number of fused-ring (bicyclic) bond motifs is 1. The van der Waals surface area contributed by atoms with Crippen molar-refractivity contribution in [1.29, 1.82) is 0 Å². The first-order valence-corrected chi connectivity index (χ1v) is 22.7. The van der Waals surface area contributed by atoms with Crippen molar-refractivity contribution in [2.45, 2.75) is 37.9 Å². The molecule has 0 saturated carbocycles. The molecular formula is C43H44Cl2N6O7S2. The molecule has 4 heterocycles. The van der Waals surface area contributed by atoms with Crippen LogP contribution in [0, 0.1) is 6.92 Å². The summed E-state index contributed by atoms with van der Waals surface area (Å²) in [6, 6.07) is 17.6.